The molecule has 8 nitrogen and oxygen atoms in total. The third-order valence-electron chi connectivity index (χ3n) is 8.19. The van der Waals surface area contributed by atoms with Crippen LogP contribution in [-0.2, 0) is 16.4 Å². The van der Waals surface area contributed by atoms with Crippen molar-refractivity contribution in [1.82, 2.24) is 20.2 Å². The molecule has 2 aromatic heterocycles. The van der Waals surface area contributed by atoms with Gasteiger partial charge in [0.15, 0.2) is 5.69 Å². The van der Waals surface area contributed by atoms with Crippen molar-refractivity contribution in [3.63, 3.8) is 0 Å². The number of halogens is 3. The van der Waals surface area contributed by atoms with E-state index in [9.17, 15) is 23.2 Å². The van der Waals surface area contributed by atoms with Gasteiger partial charge in [-0.05, 0) is 75.2 Å². The number of anilines is 1. The van der Waals surface area contributed by atoms with Crippen LogP contribution in [0.4, 0.5) is 18.9 Å². The first-order chi connectivity index (χ1) is 20.1. The van der Waals surface area contributed by atoms with Crippen molar-refractivity contribution in [3.8, 4) is 23.1 Å². The number of piperidine rings is 1. The van der Waals surface area contributed by atoms with Crippen molar-refractivity contribution in [2.45, 2.75) is 43.8 Å². The predicted molar refractivity (Wildman–Crippen MR) is 152 cm³/mol. The number of aromatic nitrogens is 2. The number of nitrogens with zero attached hydrogens (tertiary/aromatic N) is 5. The maximum Gasteiger partial charge on any atom is 0.433 e. The van der Waals surface area contributed by atoms with Crippen LogP contribution in [0.25, 0.3) is 11.1 Å². The van der Waals surface area contributed by atoms with Crippen LogP contribution in [0.1, 0.15) is 43.1 Å². The van der Waals surface area contributed by atoms with Gasteiger partial charge in [-0.25, -0.2) is 9.97 Å². The smallest absolute Gasteiger partial charge is 0.433 e. The number of carbonyl (C=O) groups is 1. The van der Waals surface area contributed by atoms with Crippen LogP contribution >= 0.6 is 0 Å². The minimum absolute atomic E-state index is 0.0464. The quantitative estimate of drug-likeness (QED) is 0.431. The number of benzene rings is 1. The summed E-state index contributed by atoms with van der Waals surface area (Å²) in [6.45, 7) is 4.82. The molecule has 0 bridgehead atoms. The molecule has 0 spiro atoms. The number of pyridine rings is 2. The monoisotopic (exact) mass is 578 g/mol. The van der Waals surface area contributed by atoms with E-state index < -0.39 is 17.3 Å². The fourth-order valence-electron chi connectivity index (χ4n) is 5.93. The van der Waals surface area contributed by atoms with Crippen LogP contribution in [0.15, 0.2) is 54.7 Å². The molecule has 2 fully saturated rings. The van der Waals surface area contributed by atoms with Gasteiger partial charge in [-0.1, -0.05) is 24.3 Å². The third-order valence-corrected chi connectivity index (χ3v) is 8.19. The summed E-state index contributed by atoms with van der Waals surface area (Å²) in [6, 6.07) is 15.7. The normalized spacial score (nSPS) is 18.9. The summed E-state index contributed by atoms with van der Waals surface area (Å²) in [6.07, 6.45) is -1.25. The topological polar surface area (TPSA) is 94.4 Å². The van der Waals surface area contributed by atoms with E-state index in [0.29, 0.717) is 44.1 Å². The van der Waals surface area contributed by atoms with Gasteiger partial charge in [0.05, 0.1) is 17.7 Å². The van der Waals surface area contributed by atoms with Gasteiger partial charge < -0.3 is 19.9 Å². The summed E-state index contributed by atoms with van der Waals surface area (Å²) in [7, 11) is 2.03. The van der Waals surface area contributed by atoms with Gasteiger partial charge in [0.2, 0.25) is 11.8 Å². The molecule has 2 aliphatic rings. The molecular weight excluding hydrogens is 545 g/mol. The summed E-state index contributed by atoms with van der Waals surface area (Å²) < 4.78 is 45.3. The first-order valence-corrected chi connectivity index (χ1v) is 14.1. The predicted octanol–water partition coefficient (Wildman–Crippen LogP) is 4.79. The molecule has 0 aliphatic carbocycles. The average molecular weight is 579 g/mol. The van der Waals surface area contributed by atoms with Crippen molar-refractivity contribution >= 4 is 11.6 Å². The minimum atomic E-state index is -4.64. The molecule has 2 saturated heterocycles. The highest BCUT2D eigenvalue weighted by Crippen LogP contribution is 2.40. The average Bonchev–Trinajstić information content (AvgIpc) is 3.41. The lowest BCUT2D eigenvalue weighted by atomic mass is 9.71. The molecule has 0 saturated carbocycles. The molecular formula is C31H33F3N6O2. The number of hydrogen-bond acceptors (Lipinski definition) is 7. The number of likely N-dealkylation sites (N-methyl/N-ethyl adjacent to an activating group) is 1. The lowest BCUT2D eigenvalue weighted by Crippen LogP contribution is -2.54. The largest absolute Gasteiger partial charge is 0.478 e. The standard InChI is InChI=1S/C31H33F3N6O2/c1-3-42-28-24(5-4-15-36-28)21-6-8-22(9-7-21)30(29(41)37-23-12-16-39(2)20-23)13-17-40(18-14-30)26-10-11-27(31(32,33)34)38-25(26)19-35/h4-11,15,23H,3,12-14,16-18,20H2,1-2H3,(H,37,41)/t23-/m1/s1. The molecule has 220 valence electrons. The van der Waals surface area contributed by atoms with Crippen molar-refractivity contribution in [2.24, 2.45) is 0 Å². The maximum absolute atomic E-state index is 14.0. The summed E-state index contributed by atoms with van der Waals surface area (Å²) >= 11 is 0. The highest BCUT2D eigenvalue weighted by molar-refractivity contribution is 5.89. The molecule has 1 aromatic carbocycles. The van der Waals surface area contributed by atoms with Crippen LogP contribution in [-0.4, -0.2) is 66.7 Å². The summed E-state index contributed by atoms with van der Waals surface area (Å²) in [5.41, 5.74) is 0.746. The van der Waals surface area contributed by atoms with E-state index in [-0.39, 0.29) is 17.6 Å². The number of amides is 1. The van der Waals surface area contributed by atoms with Crippen LogP contribution in [0.2, 0.25) is 0 Å². The van der Waals surface area contributed by atoms with Crippen LogP contribution in [0.5, 0.6) is 5.88 Å². The molecule has 3 aromatic rings. The van der Waals surface area contributed by atoms with Crippen molar-refractivity contribution in [1.29, 1.82) is 5.26 Å². The van der Waals surface area contributed by atoms with E-state index in [1.165, 1.54) is 6.07 Å². The van der Waals surface area contributed by atoms with Gasteiger partial charge in [0.25, 0.3) is 0 Å². The second-order valence-electron chi connectivity index (χ2n) is 10.8. The van der Waals surface area contributed by atoms with Crippen molar-refractivity contribution in [3.05, 3.63) is 71.7 Å². The molecule has 0 radical (unpaired) electrons. The Hall–Kier alpha value is -4.17. The Bertz CT molecular complexity index is 1460. The number of hydrogen-bond donors (Lipinski definition) is 1. The second-order valence-corrected chi connectivity index (χ2v) is 10.8. The van der Waals surface area contributed by atoms with Gasteiger partial charge in [0, 0.05) is 37.4 Å². The second kappa shape index (κ2) is 12.0. The molecule has 1 amide bonds. The molecule has 5 rings (SSSR count). The van der Waals surface area contributed by atoms with E-state index in [1.807, 2.05) is 61.3 Å². The number of ether oxygens (including phenoxy) is 1. The molecule has 1 N–H and O–H groups in total. The fourth-order valence-corrected chi connectivity index (χ4v) is 5.93. The highest BCUT2D eigenvalue weighted by atomic mass is 19.4. The van der Waals surface area contributed by atoms with E-state index in [4.69, 9.17) is 4.74 Å². The fraction of sp³-hybridized carbons (Fsp3) is 0.419. The van der Waals surface area contributed by atoms with E-state index in [1.54, 1.807) is 6.20 Å². The highest BCUT2D eigenvalue weighted by Gasteiger charge is 2.44. The zero-order valence-corrected chi connectivity index (χ0v) is 23.6. The Morgan fingerprint density at radius 3 is 2.50 bits per heavy atom. The number of likely N-dealkylation sites (tertiary alicyclic amines) is 1. The van der Waals surface area contributed by atoms with Gasteiger partial charge >= 0.3 is 6.18 Å². The molecule has 2 aliphatic heterocycles. The van der Waals surface area contributed by atoms with Gasteiger partial charge in [-0.3, -0.25) is 4.79 Å². The lowest BCUT2D eigenvalue weighted by Gasteiger charge is -2.42. The Labute approximate surface area is 243 Å². The van der Waals surface area contributed by atoms with Crippen LogP contribution < -0.4 is 15.0 Å². The van der Waals surface area contributed by atoms with Crippen LogP contribution in [0, 0.1) is 11.3 Å². The maximum atomic E-state index is 14.0. The first kappa shape index (κ1) is 29.3. The number of alkyl halides is 3. The van der Waals surface area contributed by atoms with E-state index in [2.05, 4.69) is 20.2 Å². The molecule has 42 heavy (non-hydrogen) atoms. The molecule has 11 heteroatoms. The molecule has 4 heterocycles. The van der Waals surface area contributed by atoms with E-state index in [0.717, 1.165) is 42.3 Å². The zero-order valence-electron chi connectivity index (χ0n) is 23.6. The Morgan fingerprint density at radius 2 is 1.88 bits per heavy atom. The number of nitriles is 1. The minimum Gasteiger partial charge on any atom is -0.478 e. The van der Waals surface area contributed by atoms with Gasteiger partial charge in [-0.15, -0.1) is 0 Å². The zero-order chi connectivity index (χ0) is 29.9. The summed E-state index contributed by atoms with van der Waals surface area (Å²) in [5, 5.41) is 12.8. The molecule has 1 atom stereocenters. The van der Waals surface area contributed by atoms with Gasteiger partial charge in [0.1, 0.15) is 11.8 Å². The molecule has 0 unspecified atom stereocenters. The SMILES string of the molecule is CCOc1ncccc1-c1ccc(C2(C(=O)N[C@@H]3CCN(C)C3)CCN(c3ccc(C(F)(F)F)nc3C#N)CC2)cc1. The Kier molecular flexibility index (Phi) is 8.36. The van der Waals surface area contributed by atoms with Crippen LogP contribution in [0.3, 0.4) is 0 Å². The van der Waals surface area contributed by atoms with E-state index >= 15 is 0 Å². The lowest BCUT2D eigenvalue weighted by molar-refractivity contribution is -0.141. The third kappa shape index (κ3) is 5.90. The van der Waals surface area contributed by atoms with Crippen molar-refractivity contribution in [2.75, 3.05) is 44.7 Å². The Morgan fingerprint density at radius 1 is 1.14 bits per heavy atom. The number of nitrogens with one attached hydrogen (secondary N) is 1. The first-order valence-electron chi connectivity index (χ1n) is 14.1. The number of rotatable bonds is 7. The number of carbonyl (C=O) groups excluding carboxylic acids is 1. The Balaban J connectivity index is 1.44. The summed E-state index contributed by atoms with van der Waals surface area (Å²) in [5.74, 6) is 0.481. The van der Waals surface area contributed by atoms with Crippen molar-refractivity contribution < 1.29 is 22.7 Å². The summed E-state index contributed by atoms with van der Waals surface area (Å²) in [4.78, 5) is 26.0. The van der Waals surface area contributed by atoms with Gasteiger partial charge in [-0.2, -0.15) is 18.4 Å².